The topological polar surface area (TPSA) is 331 Å². The van der Waals surface area contributed by atoms with E-state index in [0.29, 0.717) is 12.0 Å². The summed E-state index contributed by atoms with van der Waals surface area (Å²) in [7, 11) is 12.9. The standard InChI is InChI=1S/C62H111N11O12.C17H16O4/c1-25-27-28-40(15)52(75)51-56(79)65-43(26-2)58(81)67(18)33-48(74)68(19)44(29-34(3)4)55(78)66-49(38(11)12)61(84)69(20)45(30-35(5)6)54(77)63-41(16)53(76)64-42(17)57(80)70(21)46(31-36(7)8)59(82)71(22)47(32-37(9)10)60(83)72(23)50(39(13)14)62(85)73(51)24;1-4-13(11-5-7-12(20-2)8-6-11)14-9-16(19)17(21-3)10-15(14)18/h25,27,34-47,49-52,75H,26,28-33H2,1-24H3,(H,63,77)(H,64,76)(H,65,79)(H,66,78);4-10,13H,1H2,2-3H3. The molecule has 0 saturated carbocycles. The van der Waals surface area contributed by atoms with Gasteiger partial charge in [0, 0.05) is 66.9 Å². The molecule has 5 N–H and O–H groups in total. The molecular weight excluding hydrogens is 1360 g/mol. The van der Waals surface area contributed by atoms with Crippen LogP contribution in [0.15, 0.2) is 72.6 Å². The predicted molar refractivity (Wildman–Crippen MR) is 408 cm³/mol. The summed E-state index contributed by atoms with van der Waals surface area (Å²) in [5.41, 5.74) is 1.26. The third kappa shape index (κ3) is 25.8. The van der Waals surface area contributed by atoms with Gasteiger partial charge in [-0.25, -0.2) is 0 Å². The summed E-state index contributed by atoms with van der Waals surface area (Å²) < 4.78 is 9.98. The average molecular weight is 1490 g/mol. The van der Waals surface area contributed by atoms with Crippen LogP contribution >= 0.6 is 0 Å². The second-order valence-electron chi connectivity index (χ2n) is 30.6. The van der Waals surface area contributed by atoms with Crippen molar-refractivity contribution in [3.63, 3.8) is 0 Å². The molecule has 13 atom stereocenters. The minimum Gasteiger partial charge on any atom is -0.497 e. The van der Waals surface area contributed by atoms with Gasteiger partial charge in [0.15, 0.2) is 11.5 Å². The number of ketones is 2. The number of nitrogens with one attached hydrogen (secondary N) is 4. The van der Waals surface area contributed by atoms with Gasteiger partial charge < -0.3 is 70.1 Å². The Hall–Kier alpha value is -8.75. The normalized spacial score (nSPS) is 24.7. The van der Waals surface area contributed by atoms with Crippen LogP contribution in [0.3, 0.4) is 0 Å². The number of amides is 11. The fraction of sp³-hybridized carbons (Fsp3) is 0.658. The van der Waals surface area contributed by atoms with E-state index in [4.69, 9.17) is 9.47 Å². The molecule has 27 heteroatoms. The third-order valence-corrected chi connectivity index (χ3v) is 19.4. The fourth-order valence-corrected chi connectivity index (χ4v) is 12.9. The first kappa shape index (κ1) is 93.3. The van der Waals surface area contributed by atoms with Crippen LogP contribution in [-0.4, -0.2) is 253 Å². The second-order valence-corrected chi connectivity index (χ2v) is 30.6. The van der Waals surface area contributed by atoms with Crippen molar-refractivity contribution in [2.24, 2.45) is 41.4 Å². The molecule has 1 aliphatic carbocycles. The maximum atomic E-state index is 15.1. The van der Waals surface area contributed by atoms with Crippen molar-refractivity contribution in [3.8, 4) is 5.75 Å². The zero-order valence-electron chi connectivity index (χ0n) is 68.0. The highest BCUT2D eigenvalue weighted by Gasteiger charge is 2.46. The number of hydrogen-bond donors (Lipinski definition) is 5. The number of aliphatic hydroxyl groups excluding tert-OH is 1. The van der Waals surface area contributed by atoms with Crippen LogP contribution in [-0.2, 0) is 67.1 Å². The second kappa shape index (κ2) is 43.2. The van der Waals surface area contributed by atoms with E-state index < -0.39 is 156 Å². The van der Waals surface area contributed by atoms with Crippen LogP contribution < -0.4 is 26.0 Å². The number of benzene rings is 1. The molecule has 1 aromatic carbocycles. The van der Waals surface area contributed by atoms with Crippen LogP contribution in [0.5, 0.6) is 5.75 Å². The average Bonchev–Trinajstić information content (AvgIpc) is 0.799. The van der Waals surface area contributed by atoms with Crippen molar-refractivity contribution in [1.29, 1.82) is 0 Å². The van der Waals surface area contributed by atoms with Gasteiger partial charge in [-0.15, -0.1) is 6.58 Å². The van der Waals surface area contributed by atoms with Crippen LogP contribution in [0.1, 0.15) is 168 Å². The Bertz CT molecular complexity index is 3320. The van der Waals surface area contributed by atoms with E-state index in [0.717, 1.165) is 21.1 Å². The summed E-state index contributed by atoms with van der Waals surface area (Å²) in [6.45, 7) is 33.1. The maximum Gasteiger partial charge on any atom is 0.246 e. The minimum absolute atomic E-state index is 0.0229. The lowest BCUT2D eigenvalue weighted by Gasteiger charge is -2.41. The smallest absolute Gasteiger partial charge is 0.246 e. The molecule has 1 saturated heterocycles. The van der Waals surface area contributed by atoms with Crippen LogP contribution in [0.25, 0.3) is 0 Å². The third-order valence-electron chi connectivity index (χ3n) is 19.4. The molecule has 2 aliphatic rings. The Morgan fingerprint density at radius 2 is 0.972 bits per heavy atom. The summed E-state index contributed by atoms with van der Waals surface area (Å²) in [4.78, 5) is 193. The number of nitrogens with zero attached hydrogens (tertiary/aromatic N) is 7. The molecule has 0 aromatic heterocycles. The molecule has 3 rings (SSSR count). The van der Waals surface area contributed by atoms with Gasteiger partial charge >= 0.3 is 0 Å². The van der Waals surface area contributed by atoms with E-state index in [9.17, 15) is 57.8 Å². The lowest BCUT2D eigenvalue weighted by atomic mass is 9.85. The van der Waals surface area contributed by atoms with Gasteiger partial charge in [-0.3, -0.25) is 62.3 Å². The fourth-order valence-electron chi connectivity index (χ4n) is 12.9. The maximum absolute atomic E-state index is 15.1. The Labute approximate surface area is 630 Å². The zero-order chi connectivity index (χ0) is 81.4. The predicted octanol–water partition coefficient (Wildman–Crippen LogP) is 5.84. The number of aliphatic hydroxyl groups is 1. The van der Waals surface area contributed by atoms with Crippen molar-refractivity contribution in [1.82, 2.24) is 55.6 Å². The van der Waals surface area contributed by atoms with Crippen LogP contribution in [0.4, 0.5) is 0 Å². The van der Waals surface area contributed by atoms with Gasteiger partial charge in [0.25, 0.3) is 0 Å². The Kier molecular flexibility index (Phi) is 38.0. The van der Waals surface area contributed by atoms with Gasteiger partial charge in [-0.1, -0.05) is 127 Å². The van der Waals surface area contributed by atoms with E-state index in [1.165, 1.54) is 107 Å². The molecule has 106 heavy (non-hydrogen) atoms. The highest BCUT2D eigenvalue weighted by atomic mass is 16.5. The highest BCUT2D eigenvalue weighted by Crippen LogP contribution is 2.32. The van der Waals surface area contributed by atoms with Crippen molar-refractivity contribution in [2.75, 3.05) is 70.1 Å². The zero-order valence-corrected chi connectivity index (χ0v) is 68.0. The number of ether oxygens (including phenoxy) is 2. The molecule has 1 fully saturated rings. The van der Waals surface area contributed by atoms with E-state index >= 15 is 9.59 Å². The van der Waals surface area contributed by atoms with Crippen molar-refractivity contribution < 1.29 is 76.9 Å². The largest absolute Gasteiger partial charge is 0.497 e. The molecule has 0 radical (unpaired) electrons. The number of hydrogen-bond acceptors (Lipinski definition) is 16. The first-order valence-corrected chi connectivity index (χ1v) is 37.0. The van der Waals surface area contributed by atoms with Gasteiger partial charge in [0.2, 0.25) is 70.8 Å². The first-order valence-electron chi connectivity index (χ1n) is 37.0. The number of carbonyl (C=O) groups excluding carboxylic acids is 13. The van der Waals surface area contributed by atoms with Crippen molar-refractivity contribution in [2.45, 2.75) is 229 Å². The first-order chi connectivity index (χ1) is 49.3. The monoisotopic (exact) mass is 1490 g/mol. The van der Waals surface area contributed by atoms with E-state index in [1.54, 1.807) is 79.9 Å². The molecule has 594 valence electrons. The number of methoxy groups -OCH3 is 2. The van der Waals surface area contributed by atoms with E-state index in [1.807, 2.05) is 73.6 Å². The number of rotatable bonds is 20. The van der Waals surface area contributed by atoms with Gasteiger partial charge in [0.1, 0.15) is 66.2 Å². The molecule has 13 unspecified atom stereocenters. The summed E-state index contributed by atoms with van der Waals surface area (Å²) in [6, 6.07) is -5.03. The Balaban J connectivity index is 0.00000154. The molecule has 27 nitrogen and oxygen atoms in total. The lowest BCUT2D eigenvalue weighted by Crippen LogP contribution is -2.63. The quantitative estimate of drug-likeness (QED) is 0.0756. The number of likely N-dealkylation sites (N-methyl/N-ethyl adjacent to an activating group) is 7. The van der Waals surface area contributed by atoms with Crippen molar-refractivity contribution in [3.05, 3.63) is 78.1 Å². The van der Waals surface area contributed by atoms with Gasteiger partial charge in [0.05, 0.1) is 26.9 Å². The van der Waals surface area contributed by atoms with Crippen molar-refractivity contribution >= 4 is 76.5 Å². The van der Waals surface area contributed by atoms with E-state index in [-0.39, 0.29) is 79.0 Å². The minimum atomic E-state index is -1.61. The SMILES string of the molecule is C=CC(C1=CC(=O)C(OC)=CC1=O)c1ccc(OC)cc1.CC=CCC(C)C(O)C1C(=O)NC(CC)C(=O)N(C)CC(=O)N(C)C(CC(C)C)C(=O)NC(C(C)C)C(=O)N(C)C(CC(C)C)C(=O)NC(C)C(=O)NC(C)C(=O)N(C)C(CC(C)C)C(=O)N(C)C(CC(C)C)C(=O)N(C)C(C(C)C)C(=O)N1C. The number of carbonyl (C=O) groups is 13. The molecule has 11 amide bonds. The molecule has 0 bridgehead atoms. The summed E-state index contributed by atoms with van der Waals surface area (Å²) in [6.07, 6.45) is 7.22. The van der Waals surface area contributed by atoms with Crippen LogP contribution in [0, 0.1) is 41.4 Å². The van der Waals surface area contributed by atoms with Crippen LogP contribution in [0.2, 0.25) is 0 Å². The molecule has 1 aliphatic heterocycles. The molecular formula is C79H127N11O16. The van der Waals surface area contributed by atoms with Gasteiger partial charge in [-0.2, -0.15) is 0 Å². The van der Waals surface area contributed by atoms with E-state index in [2.05, 4.69) is 27.8 Å². The summed E-state index contributed by atoms with van der Waals surface area (Å²) in [5.74, 6) is -9.83. The van der Waals surface area contributed by atoms with Gasteiger partial charge in [-0.05, 0) is 124 Å². The Morgan fingerprint density at radius 1 is 0.509 bits per heavy atom. The molecule has 0 spiro atoms. The summed E-state index contributed by atoms with van der Waals surface area (Å²) in [5, 5.41) is 23.1. The number of allylic oxidation sites excluding steroid dienone is 6. The summed E-state index contributed by atoms with van der Waals surface area (Å²) >= 11 is 0. The highest BCUT2D eigenvalue weighted by molar-refractivity contribution is 6.20. The lowest BCUT2D eigenvalue weighted by molar-refractivity contribution is -0.157. The molecule has 1 heterocycles. The Morgan fingerprint density at radius 3 is 1.43 bits per heavy atom. The molecule has 1 aromatic rings.